The Labute approximate surface area is 212 Å². The number of aromatic amines is 1. The van der Waals surface area contributed by atoms with Crippen LogP contribution in [0, 0.1) is 11.2 Å². The number of aliphatic carboxylic acids is 1. The first-order valence-corrected chi connectivity index (χ1v) is 12.3. The van der Waals surface area contributed by atoms with Gasteiger partial charge in [0.2, 0.25) is 0 Å². The number of carboxylic acids is 1. The summed E-state index contributed by atoms with van der Waals surface area (Å²) < 4.78 is 19.4. The molecular formula is C27H28ClFN2O5. The normalized spacial score (nSPS) is 18.7. The van der Waals surface area contributed by atoms with Crippen molar-refractivity contribution in [2.24, 2.45) is 5.41 Å². The molecule has 0 saturated carbocycles. The second-order valence-electron chi connectivity index (χ2n) is 9.32. The Kier molecular flexibility index (Phi) is 7.36. The molecule has 0 spiro atoms. The third-order valence-corrected chi connectivity index (χ3v) is 7.14. The number of rotatable bonds is 7. The van der Waals surface area contributed by atoms with Crippen LogP contribution in [0.4, 0.5) is 4.39 Å². The largest absolute Gasteiger partial charge is 0.481 e. The molecule has 1 aromatic heterocycles. The van der Waals surface area contributed by atoms with Gasteiger partial charge in [0.05, 0.1) is 15.8 Å². The number of amides is 1. The van der Waals surface area contributed by atoms with Crippen molar-refractivity contribution in [2.45, 2.75) is 45.6 Å². The Morgan fingerprint density at radius 1 is 1.22 bits per heavy atom. The summed E-state index contributed by atoms with van der Waals surface area (Å²) in [4.78, 5) is 42.0. The van der Waals surface area contributed by atoms with Crippen molar-refractivity contribution in [3.63, 3.8) is 0 Å². The molecule has 7 nitrogen and oxygen atoms in total. The predicted octanol–water partition coefficient (Wildman–Crippen LogP) is 5.25. The third-order valence-electron chi connectivity index (χ3n) is 6.83. The zero-order valence-corrected chi connectivity index (χ0v) is 20.9. The molecule has 2 atom stereocenters. The van der Waals surface area contributed by atoms with E-state index in [2.05, 4.69) is 4.98 Å². The third kappa shape index (κ3) is 4.95. The van der Waals surface area contributed by atoms with E-state index < -0.39 is 23.3 Å². The SMILES string of the molecule is CCC[C@]1(C(=O)O)CCCN(C(=O)[C@@H](C)Oc2ccc3c(-c4ccc(F)cc4Cl)c[nH]c(=O)c3c2)C1. The second-order valence-corrected chi connectivity index (χ2v) is 9.73. The molecule has 1 saturated heterocycles. The summed E-state index contributed by atoms with van der Waals surface area (Å²) in [7, 11) is 0. The number of H-pyrrole nitrogens is 1. The van der Waals surface area contributed by atoms with Gasteiger partial charge in [0, 0.05) is 30.4 Å². The Balaban J connectivity index is 1.58. The van der Waals surface area contributed by atoms with Gasteiger partial charge in [-0.05, 0) is 68.0 Å². The Morgan fingerprint density at radius 2 is 2.00 bits per heavy atom. The van der Waals surface area contributed by atoms with Gasteiger partial charge in [-0.15, -0.1) is 0 Å². The molecule has 2 heterocycles. The first-order valence-electron chi connectivity index (χ1n) is 11.9. The maximum atomic E-state index is 13.5. The fourth-order valence-electron chi connectivity index (χ4n) is 5.04. The number of benzene rings is 2. The van der Waals surface area contributed by atoms with Crippen molar-refractivity contribution in [1.29, 1.82) is 0 Å². The number of hydrogen-bond donors (Lipinski definition) is 2. The molecule has 4 rings (SSSR count). The summed E-state index contributed by atoms with van der Waals surface area (Å²) in [5.74, 6) is -1.30. The number of carbonyl (C=O) groups is 2. The van der Waals surface area contributed by atoms with Gasteiger partial charge in [0.15, 0.2) is 6.10 Å². The van der Waals surface area contributed by atoms with Gasteiger partial charge in [-0.1, -0.05) is 24.9 Å². The lowest BCUT2D eigenvalue weighted by Crippen LogP contribution is -2.52. The quantitative estimate of drug-likeness (QED) is 0.448. The highest BCUT2D eigenvalue weighted by Gasteiger charge is 2.43. The molecule has 190 valence electrons. The molecule has 0 radical (unpaired) electrons. The minimum Gasteiger partial charge on any atom is -0.481 e. The first-order chi connectivity index (χ1) is 17.1. The van der Waals surface area contributed by atoms with Crippen LogP contribution >= 0.6 is 11.6 Å². The number of ether oxygens (including phenoxy) is 1. The average molecular weight is 515 g/mol. The number of pyridine rings is 1. The monoisotopic (exact) mass is 514 g/mol. The summed E-state index contributed by atoms with van der Waals surface area (Å²) >= 11 is 6.24. The number of hydrogen-bond acceptors (Lipinski definition) is 4. The molecular weight excluding hydrogens is 487 g/mol. The van der Waals surface area contributed by atoms with E-state index in [-0.39, 0.29) is 23.0 Å². The van der Waals surface area contributed by atoms with Crippen LogP contribution in [0.2, 0.25) is 5.02 Å². The van der Waals surface area contributed by atoms with Crippen molar-refractivity contribution in [2.75, 3.05) is 13.1 Å². The van der Waals surface area contributed by atoms with Crippen LogP contribution in [0.25, 0.3) is 21.9 Å². The maximum absolute atomic E-state index is 13.5. The van der Waals surface area contributed by atoms with E-state index in [9.17, 15) is 23.9 Å². The molecule has 1 aliphatic rings. The van der Waals surface area contributed by atoms with E-state index in [4.69, 9.17) is 16.3 Å². The molecule has 1 amide bonds. The first kappa shape index (κ1) is 25.7. The molecule has 2 aromatic carbocycles. The van der Waals surface area contributed by atoms with Crippen molar-refractivity contribution in [1.82, 2.24) is 9.88 Å². The van der Waals surface area contributed by atoms with Crippen LogP contribution < -0.4 is 10.3 Å². The number of fused-ring (bicyclic) bond motifs is 1. The standard InChI is InChI=1S/C27H28ClFN2O5/c1-3-9-27(26(34)35)10-4-11-31(15-27)25(33)16(2)36-18-6-8-19-21(13-18)24(32)30-14-22(19)20-7-5-17(29)12-23(20)28/h5-8,12-14,16H,3-4,9-11,15H2,1-2H3,(H,30,32)(H,34,35)/t16-,27+/m1/s1. The van der Waals surface area contributed by atoms with Crippen LogP contribution in [0.1, 0.15) is 39.5 Å². The van der Waals surface area contributed by atoms with Gasteiger partial charge in [-0.2, -0.15) is 0 Å². The van der Waals surface area contributed by atoms with Gasteiger partial charge in [0.25, 0.3) is 11.5 Å². The zero-order chi connectivity index (χ0) is 26.0. The van der Waals surface area contributed by atoms with Crippen molar-refractivity contribution >= 4 is 34.2 Å². The Hall–Kier alpha value is -3.39. The summed E-state index contributed by atoms with van der Waals surface area (Å²) in [6.07, 6.45) is 3.04. The van der Waals surface area contributed by atoms with E-state index in [0.717, 1.165) is 6.42 Å². The van der Waals surface area contributed by atoms with E-state index in [0.29, 0.717) is 53.5 Å². The lowest BCUT2D eigenvalue weighted by atomic mass is 9.76. The molecule has 3 aromatic rings. The topological polar surface area (TPSA) is 99.7 Å². The number of nitrogens with zero attached hydrogens (tertiary/aromatic N) is 1. The lowest BCUT2D eigenvalue weighted by molar-refractivity contribution is -0.157. The molecule has 2 N–H and O–H groups in total. The number of halogens is 2. The minimum absolute atomic E-state index is 0.155. The number of carbonyl (C=O) groups excluding carboxylic acids is 1. The number of carboxylic acid groups (broad SMARTS) is 1. The fraction of sp³-hybridized carbons (Fsp3) is 0.370. The van der Waals surface area contributed by atoms with Gasteiger partial charge >= 0.3 is 5.97 Å². The maximum Gasteiger partial charge on any atom is 0.311 e. The molecule has 0 bridgehead atoms. The van der Waals surface area contributed by atoms with Crippen LogP contribution in [0.5, 0.6) is 5.75 Å². The van der Waals surface area contributed by atoms with Gasteiger partial charge in [-0.3, -0.25) is 14.4 Å². The van der Waals surface area contributed by atoms with Gasteiger partial charge < -0.3 is 19.7 Å². The molecule has 36 heavy (non-hydrogen) atoms. The molecule has 0 aliphatic carbocycles. The Bertz CT molecular complexity index is 1370. The molecule has 1 fully saturated rings. The second kappa shape index (κ2) is 10.3. The summed E-state index contributed by atoms with van der Waals surface area (Å²) in [6.45, 7) is 4.18. The van der Waals surface area contributed by atoms with Gasteiger partial charge in [0.1, 0.15) is 11.6 Å². The highest BCUT2D eigenvalue weighted by molar-refractivity contribution is 6.33. The number of nitrogens with one attached hydrogen (secondary N) is 1. The van der Waals surface area contributed by atoms with Crippen LogP contribution in [-0.2, 0) is 9.59 Å². The molecule has 0 unspecified atom stereocenters. The highest BCUT2D eigenvalue weighted by atomic mass is 35.5. The van der Waals surface area contributed by atoms with E-state index >= 15 is 0 Å². The zero-order valence-electron chi connectivity index (χ0n) is 20.1. The summed E-state index contributed by atoms with van der Waals surface area (Å²) in [6, 6.07) is 8.95. The predicted molar refractivity (Wildman–Crippen MR) is 136 cm³/mol. The Morgan fingerprint density at radius 3 is 2.69 bits per heavy atom. The fourth-order valence-corrected chi connectivity index (χ4v) is 5.31. The number of piperidine rings is 1. The van der Waals surface area contributed by atoms with Crippen LogP contribution in [0.15, 0.2) is 47.4 Å². The minimum atomic E-state index is -0.934. The van der Waals surface area contributed by atoms with E-state index in [1.54, 1.807) is 36.1 Å². The summed E-state index contributed by atoms with van der Waals surface area (Å²) in [5.41, 5.74) is -0.0928. The summed E-state index contributed by atoms with van der Waals surface area (Å²) in [5, 5.41) is 11.0. The van der Waals surface area contributed by atoms with E-state index in [1.807, 2.05) is 6.92 Å². The van der Waals surface area contributed by atoms with Crippen LogP contribution in [0.3, 0.4) is 0 Å². The number of likely N-dealkylation sites (tertiary alicyclic amines) is 1. The highest BCUT2D eigenvalue weighted by Crippen LogP contribution is 2.36. The van der Waals surface area contributed by atoms with Crippen LogP contribution in [-0.4, -0.2) is 46.1 Å². The molecule has 1 aliphatic heterocycles. The van der Waals surface area contributed by atoms with Crippen molar-refractivity contribution in [3.8, 4) is 16.9 Å². The average Bonchev–Trinajstić information content (AvgIpc) is 2.85. The lowest BCUT2D eigenvalue weighted by Gasteiger charge is -2.40. The number of aromatic nitrogens is 1. The van der Waals surface area contributed by atoms with E-state index in [1.165, 1.54) is 18.3 Å². The smallest absolute Gasteiger partial charge is 0.311 e. The van der Waals surface area contributed by atoms with Crippen molar-refractivity contribution < 1.29 is 23.8 Å². The van der Waals surface area contributed by atoms with Crippen molar-refractivity contribution in [3.05, 3.63) is 63.8 Å². The molecule has 9 heteroatoms. The van der Waals surface area contributed by atoms with Gasteiger partial charge in [-0.25, -0.2) is 4.39 Å².